The second kappa shape index (κ2) is 26.1. The zero-order valence-corrected chi connectivity index (χ0v) is 33.7. The number of imide groups is 1. The van der Waals surface area contributed by atoms with E-state index in [2.05, 4.69) is 41.8 Å². The first-order valence-corrected chi connectivity index (χ1v) is 19.4. The van der Waals surface area contributed by atoms with Gasteiger partial charge in [0.15, 0.2) is 0 Å². The van der Waals surface area contributed by atoms with Crippen LogP contribution in [0.3, 0.4) is 0 Å². The lowest BCUT2D eigenvalue weighted by Gasteiger charge is -2.38. The van der Waals surface area contributed by atoms with Crippen LogP contribution in [0.2, 0.25) is 0 Å². The van der Waals surface area contributed by atoms with Gasteiger partial charge in [-0.25, -0.2) is 4.79 Å². The van der Waals surface area contributed by atoms with Crippen molar-refractivity contribution in [2.45, 2.75) is 89.3 Å². The number of unbranched alkanes of at least 4 members (excludes halogenated alkanes) is 3. The van der Waals surface area contributed by atoms with Crippen molar-refractivity contribution in [2.75, 3.05) is 20.2 Å². The van der Waals surface area contributed by atoms with E-state index in [1.54, 1.807) is 13.2 Å². The highest BCUT2D eigenvalue weighted by Gasteiger charge is 2.34. The minimum absolute atomic E-state index is 0.114. The Hall–Kier alpha value is -5.81. The predicted octanol–water partition coefficient (Wildman–Crippen LogP) is 6.89. The van der Waals surface area contributed by atoms with Gasteiger partial charge < -0.3 is 25.8 Å². The third-order valence-electron chi connectivity index (χ3n) is 9.62. The molecule has 0 aromatic heterocycles. The summed E-state index contributed by atoms with van der Waals surface area (Å²) in [4.78, 5) is 62.9. The number of carboxylic acid groups (broad SMARTS) is 1. The van der Waals surface area contributed by atoms with E-state index in [4.69, 9.17) is 4.74 Å². The van der Waals surface area contributed by atoms with Crippen LogP contribution in [0, 0.1) is 0 Å². The molecule has 0 radical (unpaired) electrons. The van der Waals surface area contributed by atoms with E-state index >= 15 is 0 Å². The summed E-state index contributed by atoms with van der Waals surface area (Å²) in [6, 6.07) is 14.9. The van der Waals surface area contributed by atoms with Crippen LogP contribution in [0.15, 0.2) is 128 Å². The third kappa shape index (κ3) is 15.7. The first-order chi connectivity index (χ1) is 27.5. The van der Waals surface area contributed by atoms with E-state index in [1.165, 1.54) is 0 Å². The summed E-state index contributed by atoms with van der Waals surface area (Å²) in [5.74, 6) is -1.88. The van der Waals surface area contributed by atoms with E-state index in [0.29, 0.717) is 51.5 Å². The van der Waals surface area contributed by atoms with Gasteiger partial charge in [-0.1, -0.05) is 105 Å². The van der Waals surface area contributed by atoms with Gasteiger partial charge in [-0.15, -0.1) is 0 Å². The molecule has 57 heavy (non-hydrogen) atoms. The zero-order valence-electron chi connectivity index (χ0n) is 33.7. The van der Waals surface area contributed by atoms with Gasteiger partial charge in [-0.05, 0) is 99.4 Å². The van der Waals surface area contributed by atoms with Crippen molar-refractivity contribution < 1.29 is 33.8 Å². The summed E-state index contributed by atoms with van der Waals surface area (Å²) in [5.41, 5.74) is 3.03. The van der Waals surface area contributed by atoms with Crippen LogP contribution in [0.4, 0.5) is 0 Å². The molecule has 0 heterocycles. The van der Waals surface area contributed by atoms with Gasteiger partial charge in [-0.2, -0.15) is 0 Å². The molecule has 0 aliphatic rings. The molecule has 11 nitrogen and oxygen atoms in total. The van der Waals surface area contributed by atoms with Gasteiger partial charge >= 0.3 is 5.97 Å². The van der Waals surface area contributed by atoms with Crippen LogP contribution in [0.1, 0.15) is 76.3 Å². The minimum Gasteiger partial charge on any atom is -0.497 e. The van der Waals surface area contributed by atoms with Crippen molar-refractivity contribution in [1.29, 1.82) is 0 Å². The number of hydrogen-bond acceptors (Lipinski definition) is 7. The summed E-state index contributed by atoms with van der Waals surface area (Å²) in [6.45, 7) is 16.2. The molecule has 0 aliphatic heterocycles. The van der Waals surface area contributed by atoms with E-state index < -0.39 is 35.4 Å². The lowest BCUT2D eigenvalue weighted by molar-refractivity contribution is -0.142. The first-order valence-electron chi connectivity index (χ1n) is 19.4. The summed E-state index contributed by atoms with van der Waals surface area (Å²) < 4.78 is 5.43. The smallest absolute Gasteiger partial charge is 0.326 e. The largest absolute Gasteiger partial charge is 0.497 e. The number of carbonyl (C=O) groups excluding carboxylic acids is 4. The number of rotatable bonds is 28. The number of hydrogen-bond donors (Lipinski definition) is 4. The van der Waals surface area contributed by atoms with Crippen LogP contribution in [0.5, 0.6) is 5.75 Å². The Labute approximate surface area is 338 Å². The van der Waals surface area contributed by atoms with Crippen molar-refractivity contribution >= 4 is 30.1 Å². The number of carboxylic acids is 1. The number of ether oxygens (including phenoxy) is 1. The summed E-state index contributed by atoms with van der Waals surface area (Å²) in [6.07, 6.45) is 16.9. The van der Waals surface area contributed by atoms with E-state index in [9.17, 15) is 29.1 Å². The summed E-state index contributed by atoms with van der Waals surface area (Å²) in [7, 11) is 1.62. The normalized spacial score (nSPS) is 13.7. The van der Waals surface area contributed by atoms with Gasteiger partial charge in [0.25, 0.3) is 5.91 Å². The Balaban J connectivity index is 2.16. The molecule has 0 saturated heterocycles. The molecule has 0 bridgehead atoms. The molecule has 4 N–H and O–H groups in total. The standard InChI is InChI=1S/C46H60N4O7/c1-7-11-12-19-30-46(39(9-3)35(5)8-2,37-26-28-38(57-6)29-27-37)47-31-20-18-24-40(45(55)56)49-44(54)41(33-36-22-15-13-16-23-36)48-42(52)25-17-14-21-32-50(34-51)43(53)10-4/h7-13,15-16,19,22-23,26-29,34,40-41,47H,2-4,14,17-18,20-21,24-25,30-33H2,1,5-6H3,(H,48,52)(H,49,54)(H,55,56)/b11-7-,19-12-,39-35+/t40?,41-,46?/m0/s1. The van der Waals surface area contributed by atoms with Crippen molar-refractivity contribution in [2.24, 2.45) is 0 Å². The Morgan fingerprint density at radius 2 is 1.60 bits per heavy atom. The van der Waals surface area contributed by atoms with Gasteiger partial charge in [0.2, 0.25) is 18.2 Å². The second-order valence-electron chi connectivity index (χ2n) is 13.6. The summed E-state index contributed by atoms with van der Waals surface area (Å²) in [5, 5.41) is 19.4. The van der Waals surface area contributed by atoms with Crippen LogP contribution in [-0.4, -0.2) is 72.4 Å². The van der Waals surface area contributed by atoms with E-state index in [0.717, 1.165) is 39.0 Å². The van der Waals surface area contributed by atoms with Gasteiger partial charge in [0.1, 0.15) is 17.8 Å². The number of carbonyl (C=O) groups is 5. The highest BCUT2D eigenvalue weighted by Crippen LogP contribution is 2.37. The van der Waals surface area contributed by atoms with Crippen LogP contribution in [-0.2, 0) is 35.9 Å². The van der Waals surface area contributed by atoms with Crippen molar-refractivity contribution in [3.8, 4) is 5.75 Å². The average molecular weight is 781 g/mol. The SMILES string of the molecule is C=CC(=O)N(C=O)CCCCCC(=O)N[C@@H](Cc1ccccc1)C(=O)NC(CCCCNC(C/C=C\C=C/C)(/C(C=C)=C(\C)C=C)c1ccc(OC)cc1)C(=O)O. The van der Waals surface area contributed by atoms with Crippen LogP contribution >= 0.6 is 0 Å². The van der Waals surface area contributed by atoms with E-state index in [1.807, 2.05) is 92.7 Å². The van der Waals surface area contributed by atoms with Crippen LogP contribution < -0.4 is 20.7 Å². The molecule has 3 atom stereocenters. The molecule has 2 aromatic rings. The molecule has 4 amide bonds. The van der Waals surface area contributed by atoms with Crippen molar-refractivity contribution in [3.63, 3.8) is 0 Å². The van der Waals surface area contributed by atoms with E-state index in [-0.39, 0.29) is 31.7 Å². The average Bonchev–Trinajstić information content (AvgIpc) is 3.22. The fourth-order valence-electron chi connectivity index (χ4n) is 6.45. The molecular weight excluding hydrogens is 721 g/mol. The fourth-order valence-corrected chi connectivity index (χ4v) is 6.45. The predicted molar refractivity (Wildman–Crippen MR) is 226 cm³/mol. The lowest BCUT2D eigenvalue weighted by Crippen LogP contribution is -2.52. The number of benzene rings is 2. The quantitative estimate of drug-likeness (QED) is 0.0315. The van der Waals surface area contributed by atoms with Crippen LogP contribution in [0.25, 0.3) is 0 Å². The highest BCUT2D eigenvalue weighted by atomic mass is 16.5. The molecule has 2 rings (SSSR count). The highest BCUT2D eigenvalue weighted by molar-refractivity contribution is 5.94. The Morgan fingerprint density at radius 1 is 0.877 bits per heavy atom. The molecule has 0 saturated carbocycles. The van der Waals surface area contributed by atoms with Crippen molar-refractivity contribution in [3.05, 3.63) is 139 Å². The fraction of sp³-hybridized carbons (Fsp3) is 0.370. The number of allylic oxidation sites excluding steroid dienone is 5. The first kappa shape index (κ1) is 47.3. The van der Waals surface area contributed by atoms with Gasteiger partial charge in [0, 0.05) is 19.4 Å². The maximum absolute atomic E-state index is 13.6. The van der Waals surface area contributed by atoms with Gasteiger partial charge in [0.05, 0.1) is 12.6 Å². The zero-order chi connectivity index (χ0) is 42.1. The lowest BCUT2D eigenvalue weighted by atomic mass is 9.77. The molecule has 2 unspecified atom stereocenters. The molecule has 2 aromatic carbocycles. The van der Waals surface area contributed by atoms with Gasteiger partial charge in [-0.3, -0.25) is 24.1 Å². The topological polar surface area (TPSA) is 154 Å². The Kier molecular flexibility index (Phi) is 21.7. The molecule has 0 aliphatic carbocycles. The number of nitrogens with zero attached hydrogens (tertiary/aromatic N) is 1. The third-order valence-corrected chi connectivity index (χ3v) is 9.62. The number of nitrogens with one attached hydrogen (secondary N) is 3. The molecular formula is C46H60N4O7. The van der Waals surface area contributed by atoms with Crippen molar-refractivity contribution in [1.82, 2.24) is 20.9 Å². The monoisotopic (exact) mass is 780 g/mol. The molecule has 11 heteroatoms. The molecule has 0 spiro atoms. The maximum atomic E-state index is 13.6. The summed E-state index contributed by atoms with van der Waals surface area (Å²) >= 11 is 0. The minimum atomic E-state index is -1.17. The molecule has 306 valence electrons. The number of aliphatic carboxylic acids is 1. The maximum Gasteiger partial charge on any atom is 0.326 e. The number of amides is 4. The Morgan fingerprint density at radius 3 is 2.19 bits per heavy atom. The Bertz CT molecular complexity index is 1730. The molecule has 0 fully saturated rings. The second-order valence-corrected chi connectivity index (χ2v) is 13.6. The number of methoxy groups -OCH3 is 1.